The lowest BCUT2D eigenvalue weighted by molar-refractivity contribution is -0.125. The minimum absolute atomic E-state index is 0.166. The Morgan fingerprint density at radius 1 is 1.60 bits per heavy atom. The van der Waals surface area contributed by atoms with E-state index in [4.69, 9.17) is 12.2 Å². The van der Waals surface area contributed by atoms with Crippen molar-refractivity contribution in [2.45, 2.75) is 18.9 Å². The number of hydrogen-bond acceptors (Lipinski definition) is 3. The van der Waals surface area contributed by atoms with E-state index in [2.05, 4.69) is 11.2 Å². The van der Waals surface area contributed by atoms with Gasteiger partial charge in [0, 0.05) is 0 Å². The quantitative estimate of drug-likeness (QED) is 0.564. The van der Waals surface area contributed by atoms with Gasteiger partial charge in [0.1, 0.15) is 0 Å². The van der Waals surface area contributed by atoms with Crippen LogP contribution in [0, 0.1) is 12.3 Å². The number of nitrogens with two attached hydrogens (primary N) is 1. The molecule has 0 aromatic heterocycles. The first-order valence-electron chi connectivity index (χ1n) is 4.88. The van der Waals surface area contributed by atoms with Crippen molar-refractivity contribution in [2.75, 3.05) is 19.6 Å². The van der Waals surface area contributed by atoms with E-state index in [0.29, 0.717) is 0 Å². The Morgan fingerprint density at radius 2 is 2.33 bits per heavy atom. The van der Waals surface area contributed by atoms with E-state index >= 15 is 0 Å². The fourth-order valence-corrected chi connectivity index (χ4v) is 1.73. The summed E-state index contributed by atoms with van der Waals surface area (Å²) in [5.74, 6) is 1.79. The summed E-state index contributed by atoms with van der Waals surface area (Å²) < 4.78 is 0. The van der Waals surface area contributed by atoms with Crippen LogP contribution >= 0.6 is 0 Å². The predicted molar refractivity (Wildman–Crippen MR) is 55.6 cm³/mol. The van der Waals surface area contributed by atoms with E-state index in [-0.39, 0.29) is 30.9 Å². The van der Waals surface area contributed by atoms with E-state index in [1.165, 1.54) is 0 Å². The van der Waals surface area contributed by atoms with Gasteiger partial charge in [0.2, 0.25) is 11.8 Å². The Balaban J connectivity index is 2.40. The van der Waals surface area contributed by atoms with Crippen molar-refractivity contribution in [1.82, 2.24) is 10.2 Å². The van der Waals surface area contributed by atoms with Crippen molar-refractivity contribution >= 4 is 11.8 Å². The van der Waals surface area contributed by atoms with Gasteiger partial charge in [-0.3, -0.25) is 14.5 Å². The van der Waals surface area contributed by atoms with Gasteiger partial charge in [-0.1, -0.05) is 5.92 Å². The molecule has 1 aliphatic heterocycles. The van der Waals surface area contributed by atoms with Gasteiger partial charge >= 0.3 is 0 Å². The number of rotatable bonds is 4. The summed E-state index contributed by atoms with van der Waals surface area (Å²) in [5, 5.41) is 2.55. The highest BCUT2D eigenvalue weighted by Gasteiger charge is 2.29. The van der Waals surface area contributed by atoms with Gasteiger partial charge in [-0.2, -0.15) is 0 Å². The second-order valence-electron chi connectivity index (χ2n) is 3.51. The molecular weight excluding hydrogens is 194 g/mol. The number of amides is 2. The Labute approximate surface area is 89.0 Å². The van der Waals surface area contributed by atoms with E-state index in [1.54, 1.807) is 4.90 Å². The number of hydrogen-bond donors (Lipinski definition) is 2. The molecule has 0 aromatic rings. The summed E-state index contributed by atoms with van der Waals surface area (Å²) in [6.07, 6.45) is 6.64. The third-order valence-corrected chi connectivity index (χ3v) is 2.43. The first-order valence-corrected chi connectivity index (χ1v) is 4.88. The summed E-state index contributed by atoms with van der Waals surface area (Å²) in [6, 6.07) is -0.304. The van der Waals surface area contributed by atoms with E-state index < -0.39 is 0 Å². The Morgan fingerprint density at radius 3 is 2.93 bits per heavy atom. The molecule has 15 heavy (non-hydrogen) atoms. The molecule has 1 fully saturated rings. The minimum Gasteiger partial charge on any atom is -0.368 e. The van der Waals surface area contributed by atoms with Crippen molar-refractivity contribution in [2.24, 2.45) is 5.73 Å². The molecule has 0 saturated carbocycles. The average Bonchev–Trinajstić information content (AvgIpc) is 2.62. The molecule has 1 rings (SSSR count). The molecule has 5 nitrogen and oxygen atoms in total. The molecule has 1 unspecified atom stereocenters. The number of terminal acetylenes is 1. The Hall–Kier alpha value is -1.54. The molecule has 0 bridgehead atoms. The van der Waals surface area contributed by atoms with Gasteiger partial charge in [-0.15, -0.1) is 6.42 Å². The maximum absolute atomic E-state index is 11.3. The third-order valence-electron chi connectivity index (χ3n) is 2.43. The molecular formula is C10H15N3O2. The van der Waals surface area contributed by atoms with Gasteiger partial charge < -0.3 is 11.1 Å². The fraction of sp³-hybridized carbons (Fsp3) is 0.600. The molecule has 0 aromatic carbocycles. The summed E-state index contributed by atoms with van der Waals surface area (Å²) >= 11 is 0. The zero-order valence-corrected chi connectivity index (χ0v) is 8.53. The second kappa shape index (κ2) is 5.37. The maximum Gasteiger partial charge on any atom is 0.234 e. The van der Waals surface area contributed by atoms with Gasteiger partial charge in [-0.25, -0.2) is 0 Å². The van der Waals surface area contributed by atoms with E-state index in [1.807, 2.05) is 0 Å². The SMILES string of the molecule is C#CCNC(=O)CN1CCCC1C(N)=O. The molecule has 1 atom stereocenters. The lowest BCUT2D eigenvalue weighted by Crippen LogP contribution is -2.45. The van der Waals surface area contributed by atoms with Crippen LogP contribution in [0.2, 0.25) is 0 Å². The van der Waals surface area contributed by atoms with Crippen molar-refractivity contribution in [1.29, 1.82) is 0 Å². The van der Waals surface area contributed by atoms with Crippen molar-refractivity contribution in [3.05, 3.63) is 0 Å². The standard InChI is InChI=1S/C10H15N3O2/c1-2-5-12-9(14)7-13-6-3-4-8(13)10(11)15/h1,8H,3-7H2,(H2,11,15)(H,12,14). The van der Waals surface area contributed by atoms with Crippen LogP contribution in [0.25, 0.3) is 0 Å². The van der Waals surface area contributed by atoms with Gasteiger partial charge in [0.15, 0.2) is 0 Å². The number of carbonyl (C=O) groups excluding carboxylic acids is 2. The lowest BCUT2D eigenvalue weighted by atomic mass is 10.2. The van der Waals surface area contributed by atoms with Crippen LogP contribution < -0.4 is 11.1 Å². The smallest absolute Gasteiger partial charge is 0.234 e. The second-order valence-corrected chi connectivity index (χ2v) is 3.51. The Bertz CT molecular complexity index is 296. The molecule has 5 heteroatoms. The van der Waals surface area contributed by atoms with Gasteiger partial charge in [0.25, 0.3) is 0 Å². The zero-order valence-electron chi connectivity index (χ0n) is 8.53. The Kier molecular flexibility index (Phi) is 4.13. The summed E-state index contributed by atoms with van der Waals surface area (Å²) in [4.78, 5) is 24.1. The number of nitrogens with one attached hydrogen (secondary N) is 1. The van der Waals surface area contributed by atoms with E-state index in [9.17, 15) is 9.59 Å². The van der Waals surface area contributed by atoms with Crippen LogP contribution in [-0.2, 0) is 9.59 Å². The van der Waals surface area contributed by atoms with Crippen molar-refractivity contribution in [3.8, 4) is 12.3 Å². The number of carbonyl (C=O) groups is 2. The fourth-order valence-electron chi connectivity index (χ4n) is 1.73. The first kappa shape index (κ1) is 11.5. The van der Waals surface area contributed by atoms with E-state index in [0.717, 1.165) is 19.4 Å². The topological polar surface area (TPSA) is 75.4 Å². The molecule has 0 spiro atoms. The average molecular weight is 209 g/mol. The molecule has 0 aliphatic carbocycles. The van der Waals surface area contributed by atoms with Crippen LogP contribution in [0.4, 0.5) is 0 Å². The zero-order chi connectivity index (χ0) is 11.3. The molecule has 0 radical (unpaired) electrons. The molecule has 1 aliphatic rings. The highest BCUT2D eigenvalue weighted by atomic mass is 16.2. The largest absolute Gasteiger partial charge is 0.368 e. The van der Waals surface area contributed by atoms with Crippen LogP contribution in [0.15, 0.2) is 0 Å². The normalized spacial score (nSPS) is 20.9. The van der Waals surface area contributed by atoms with Gasteiger partial charge in [0.05, 0.1) is 19.1 Å². The summed E-state index contributed by atoms with van der Waals surface area (Å²) in [6.45, 7) is 1.14. The van der Waals surface area contributed by atoms with Crippen LogP contribution in [0.3, 0.4) is 0 Å². The number of primary amides is 1. The van der Waals surface area contributed by atoms with Crippen molar-refractivity contribution < 1.29 is 9.59 Å². The summed E-state index contributed by atoms with van der Waals surface area (Å²) in [7, 11) is 0. The molecule has 3 N–H and O–H groups in total. The minimum atomic E-state index is -0.364. The van der Waals surface area contributed by atoms with Crippen molar-refractivity contribution in [3.63, 3.8) is 0 Å². The first-order chi connectivity index (χ1) is 7.15. The third kappa shape index (κ3) is 3.26. The predicted octanol–water partition coefficient (Wildman–Crippen LogP) is -1.31. The molecule has 1 saturated heterocycles. The summed E-state index contributed by atoms with van der Waals surface area (Å²) in [5.41, 5.74) is 5.22. The monoisotopic (exact) mass is 209 g/mol. The molecule has 82 valence electrons. The van der Waals surface area contributed by atoms with Crippen LogP contribution in [0.1, 0.15) is 12.8 Å². The maximum atomic E-state index is 11.3. The number of nitrogens with zero attached hydrogens (tertiary/aromatic N) is 1. The molecule has 2 amide bonds. The highest BCUT2D eigenvalue weighted by Crippen LogP contribution is 2.15. The molecule has 1 heterocycles. The van der Waals surface area contributed by atoms with Crippen LogP contribution in [0.5, 0.6) is 0 Å². The van der Waals surface area contributed by atoms with Gasteiger partial charge in [-0.05, 0) is 19.4 Å². The highest BCUT2D eigenvalue weighted by molar-refractivity contribution is 5.82. The lowest BCUT2D eigenvalue weighted by Gasteiger charge is -2.20. The van der Waals surface area contributed by atoms with Crippen LogP contribution in [-0.4, -0.2) is 42.4 Å². The number of likely N-dealkylation sites (tertiary alicyclic amines) is 1.